The summed E-state index contributed by atoms with van der Waals surface area (Å²) in [5.74, 6) is 0.535. The normalized spacial score (nSPS) is 14.3. The number of carbonyl (C=O) groups is 2. The number of nitrogens with one attached hydrogen (secondary N) is 1. The summed E-state index contributed by atoms with van der Waals surface area (Å²) >= 11 is 12.3. The number of ether oxygens (including phenoxy) is 2. The molecule has 6 nitrogen and oxygen atoms in total. The quantitative estimate of drug-likeness (QED) is 0.288. The van der Waals surface area contributed by atoms with E-state index < -0.39 is 6.04 Å². The molecule has 0 aromatic heterocycles. The Hall–Kier alpha value is -3.22. The minimum absolute atomic E-state index is 0.113. The lowest BCUT2D eigenvalue weighted by Gasteiger charge is -2.33. The molecule has 0 bridgehead atoms. The lowest BCUT2D eigenvalue weighted by molar-refractivity contribution is -0.143. The highest BCUT2D eigenvalue weighted by atomic mass is 35.5. The number of amides is 2. The zero-order valence-electron chi connectivity index (χ0n) is 22.1. The van der Waals surface area contributed by atoms with Crippen molar-refractivity contribution in [1.29, 1.82) is 0 Å². The van der Waals surface area contributed by atoms with Crippen molar-refractivity contribution in [2.75, 3.05) is 13.7 Å². The van der Waals surface area contributed by atoms with Gasteiger partial charge in [0.1, 0.15) is 17.5 Å². The molecule has 1 atom stereocenters. The number of halogens is 2. The van der Waals surface area contributed by atoms with E-state index in [0.717, 1.165) is 36.8 Å². The van der Waals surface area contributed by atoms with E-state index in [9.17, 15) is 9.59 Å². The summed E-state index contributed by atoms with van der Waals surface area (Å²) in [5, 5.41) is 4.02. The van der Waals surface area contributed by atoms with Crippen LogP contribution in [-0.4, -0.2) is 42.5 Å². The maximum atomic E-state index is 13.8. The Bertz CT molecular complexity index is 1250. The van der Waals surface area contributed by atoms with Crippen molar-refractivity contribution in [2.24, 2.45) is 0 Å². The van der Waals surface area contributed by atoms with Crippen LogP contribution in [0.5, 0.6) is 11.5 Å². The van der Waals surface area contributed by atoms with Gasteiger partial charge in [-0.05, 0) is 54.3 Å². The Balaban J connectivity index is 1.63. The Kier molecular flexibility index (Phi) is 10.5. The summed E-state index contributed by atoms with van der Waals surface area (Å²) in [6.45, 7) is -0.0728. The van der Waals surface area contributed by atoms with Crippen molar-refractivity contribution in [3.63, 3.8) is 0 Å². The third-order valence-electron chi connectivity index (χ3n) is 6.95. The van der Waals surface area contributed by atoms with Crippen LogP contribution in [0.1, 0.15) is 43.2 Å². The van der Waals surface area contributed by atoms with E-state index in [0.29, 0.717) is 28.0 Å². The Morgan fingerprint density at radius 3 is 2.41 bits per heavy atom. The predicted octanol–water partition coefficient (Wildman–Crippen LogP) is 6.47. The minimum atomic E-state index is -0.739. The molecule has 1 N–H and O–H groups in total. The highest BCUT2D eigenvalue weighted by Crippen LogP contribution is 2.28. The average molecular weight is 570 g/mol. The van der Waals surface area contributed by atoms with Crippen LogP contribution in [0.15, 0.2) is 72.8 Å². The maximum Gasteiger partial charge on any atom is 0.261 e. The first-order valence-electron chi connectivity index (χ1n) is 13.3. The summed E-state index contributed by atoms with van der Waals surface area (Å²) in [7, 11) is 1.60. The van der Waals surface area contributed by atoms with Gasteiger partial charge in [-0.1, -0.05) is 84.9 Å². The molecule has 0 aliphatic heterocycles. The summed E-state index contributed by atoms with van der Waals surface area (Å²) in [6.07, 6.45) is 5.65. The molecule has 39 heavy (non-hydrogen) atoms. The van der Waals surface area contributed by atoms with Gasteiger partial charge in [0.2, 0.25) is 5.91 Å². The van der Waals surface area contributed by atoms with Crippen molar-refractivity contribution in [1.82, 2.24) is 10.2 Å². The molecule has 2 amide bonds. The number of rotatable bonds is 11. The van der Waals surface area contributed by atoms with Crippen LogP contribution in [-0.2, 0) is 22.6 Å². The van der Waals surface area contributed by atoms with Crippen LogP contribution in [0.3, 0.4) is 0 Å². The van der Waals surface area contributed by atoms with E-state index in [1.165, 1.54) is 6.42 Å². The molecule has 0 unspecified atom stereocenters. The van der Waals surface area contributed by atoms with Gasteiger partial charge >= 0.3 is 0 Å². The van der Waals surface area contributed by atoms with Crippen LogP contribution >= 0.6 is 23.2 Å². The number of nitrogens with zero attached hydrogens (tertiary/aromatic N) is 1. The van der Waals surface area contributed by atoms with E-state index in [2.05, 4.69) is 5.32 Å². The second-order valence-electron chi connectivity index (χ2n) is 9.79. The van der Waals surface area contributed by atoms with Gasteiger partial charge in [0.25, 0.3) is 5.91 Å². The minimum Gasteiger partial charge on any atom is -0.497 e. The molecule has 0 spiro atoms. The van der Waals surface area contributed by atoms with E-state index in [4.69, 9.17) is 32.7 Å². The van der Waals surface area contributed by atoms with Gasteiger partial charge < -0.3 is 19.7 Å². The fourth-order valence-electron chi connectivity index (χ4n) is 4.88. The molecular formula is C31H34Cl2N2O4. The summed E-state index contributed by atoms with van der Waals surface area (Å²) in [5.41, 5.74) is 1.81. The van der Waals surface area contributed by atoms with Gasteiger partial charge in [0.05, 0.1) is 12.1 Å². The number of benzene rings is 3. The lowest BCUT2D eigenvalue weighted by Crippen LogP contribution is -2.53. The van der Waals surface area contributed by atoms with Gasteiger partial charge in [-0.25, -0.2) is 0 Å². The SMILES string of the molecule is COc1cccc(CN(C(=O)COc2ccc(Cl)cc2Cl)[C@@H](Cc2ccccc2)C(=O)NC2CCCCC2)c1. The topological polar surface area (TPSA) is 67.9 Å². The van der Waals surface area contributed by atoms with Crippen LogP contribution < -0.4 is 14.8 Å². The van der Waals surface area contributed by atoms with Crippen LogP contribution in [0, 0.1) is 0 Å². The highest BCUT2D eigenvalue weighted by Gasteiger charge is 2.32. The Morgan fingerprint density at radius 1 is 0.949 bits per heavy atom. The zero-order chi connectivity index (χ0) is 27.6. The molecule has 1 aliphatic carbocycles. The summed E-state index contributed by atoms with van der Waals surface area (Å²) in [6, 6.07) is 21.5. The highest BCUT2D eigenvalue weighted by molar-refractivity contribution is 6.35. The van der Waals surface area contributed by atoms with Crippen molar-refractivity contribution < 1.29 is 19.1 Å². The van der Waals surface area contributed by atoms with E-state index >= 15 is 0 Å². The van der Waals surface area contributed by atoms with E-state index in [1.807, 2.05) is 54.6 Å². The van der Waals surface area contributed by atoms with Crippen molar-refractivity contribution in [3.8, 4) is 11.5 Å². The second kappa shape index (κ2) is 14.2. The number of carbonyl (C=O) groups excluding carboxylic acids is 2. The van der Waals surface area contributed by atoms with Crippen LogP contribution in [0.4, 0.5) is 0 Å². The van der Waals surface area contributed by atoms with Crippen molar-refractivity contribution >= 4 is 35.0 Å². The number of hydrogen-bond acceptors (Lipinski definition) is 4. The Morgan fingerprint density at radius 2 is 1.69 bits per heavy atom. The van der Waals surface area contributed by atoms with Gasteiger partial charge in [0.15, 0.2) is 6.61 Å². The molecule has 8 heteroatoms. The number of methoxy groups -OCH3 is 1. The summed E-state index contributed by atoms with van der Waals surface area (Å²) < 4.78 is 11.2. The molecule has 0 heterocycles. The van der Waals surface area contributed by atoms with Gasteiger partial charge in [0, 0.05) is 24.0 Å². The first-order chi connectivity index (χ1) is 18.9. The van der Waals surface area contributed by atoms with Crippen LogP contribution in [0.25, 0.3) is 0 Å². The molecule has 1 fully saturated rings. The fourth-order valence-corrected chi connectivity index (χ4v) is 5.34. The molecule has 1 aliphatic rings. The monoisotopic (exact) mass is 568 g/mol. The first kappa shape index (κ1) is 28.8. The average Bonchev–Trinajstić information content (AvgIpc) is 2.95. The predicted molar refractivity (Wildman–Crippen MR) is 154 cm³/mol. The van der Waals surface area contributed by atoms with Crippen molar-refractivity contribution in [2.45, 2.75) is 57.2 Å². The molecule has 3 aromatic carbocycles. The first-order valence-corrected chi connectivity index (χ1v) is 14.0. The molecule has 206 valence electrons. The molecule has 0 saturated heterocycles. The van der Waals surface area contributed by atoms with E-state index in [-0.39, 0.29) is 31.0 Å². The molecule has 3 aromatic rings. The summed E-state index contributed by atoms with van der Waals surface area (Å²) in [4.78, 5) is 29.2. The van der Waals surface area contributed by atoms with Crippen LogP contribution in [0.2, 0.25) is 10.0 Å². The fraction of sp³-hybridized carbons (Fsp3) is 0.355. The van der Waals surface area contributed by atoms with Gasteiger partial charge in [-0.2, -0.15) is 0 Å². The van der Waals surface area contributed by atoms with Gasteiger partial charge in [-0.15, -0.1) is 0 Å². The largest absolute Gasteiger partial charge is 0.497 e. The molecule has 1 saturated carbocycles. The standard InChI is InChI=1S/C31H34Cl2N2O4/c1-38-26-14-8-11-23(17-26)20-35(30(36)21-39-29-16-15-24(32)19-27(29)33)28(18-22-9-4-2-5-10-22)31(37)34-25-12-6-3-7-13-25/h2,4-5,8-11,14-17,19,25,28H,3,6-7,12-13,18,20-21H2,1H3,(H,34,37)/t28-/m0/s1. The smallest absolute Gasteiger partial charge is 0.261 e. The molecule has 4 rings (SSSR count). The van der Waals surface area contributed by atoms with Gasteiger partial charge in [-0.3, -0.25) is 9.59 Å². The second-order valence-corrected chi connectivity index (χ2v) is 10.6. The third kappa shape index (κ3) is 8.38. The van der Waals surface area contributed by atoms with Crippen molar-refractivity contribution in [3.05, 3.63) is 94.0 Å². The maximum absolute atomic E-state index is 13.8. The molecular weight excluding hydrogens is 535 g/mol. The lowest BCUT2D eigenvalue weighted by atomic mass is 9.94. The van der Waals surface area contributed by atoms with E-state index in [1.54, 1.807) is 30.2 Å². The molecule has 0 radical (unpaired) electrons. The zero-order valence-corrected chi connectivity index (χ0v) is 23.6. The third-order valence-corrected chi connectivity index (χ3v) is 7.49. The Labute approximate surface area is 240 Å². The number of hydrogen-bond donors (Lipinski definition) is 1.